The molecule has 0 saturated carbocycles. The van der Waals surface area contributed by atoms with Gasteiger partial charge >= 0.3 is 0 Å². The third kappa shape index (κ3) is 12.5. The van der Waals surface area contributed by atoms with E-state index in [1.165, 1.54) is 84.9 Å². The number of nitrogens with zero attached hydrogens (tertiary/aromatic N) is 8. The Bertz CT molecular complexity index is 3270. The van der Waals surface area contributed by atoms with Gasteiger partial charge in [-0.05, 0) is 158 Å². The van der Waals surface area contributed by atoms with E-state index in [-0.39, 0.29) is 32.3 Å². The van der Waals surface area contributed by atoms with Crippen molar-refractivity contribution < 1.29 is 51.9 Å². The Morgan fingerprint density at radius 2 is 0.591 bits per heavy atom. The first-order chi connectivity index (χ1) is 30.8. The Kier molecular flexibility index (Phi) is 14.2. The van der Waals surface area contributed by atoms with Crippen LogP contribution in [0.15, 0.2) is 170 Å². The first-order valence-corrected chi connectivity index (χ1v) is 24.6. The van der Waals surface area contributed by atoms with Gasteiger partial charge in [0.25, 0.3) is 40.5 Å². The molecule has 6 aromatic rings. The zero-order valence-electron chi connectivity index (χ0n) is 34.8. The quantitative estimate of drug-likeness (QED) is 0.0450. The topological polar surface area (TPSA) is 316 Å². The lowest BCUT2D eigenvalue weighted by Crippen LogP contribution is -2.01. The van der Waals surface area contributed by atoms with Crippen LogP contribution < -0.4 is 0 Å². The van der Waals surface area contributed by atoms with Crippen molar-refractivity contribution in [1.82, 2.24) is 0 Å². The first-order valence-electron chi connectivity index (χ1n) is 18.8. The predicted molar refractivity (Wildman–Crippen MR) is 242 cm³/mol. The molecule has 4 N–H and O–H groups in total. The van der Waals surface area contributed by atoms with Crippen LogP contribution in [0.1, 0.15) is 33.4 Å². The van der Waals surface area contributed by atoms with Gasteiger partial charge in [-0.3, -0.25) is 18.2 Å². The van der Waals surface area contributed by atoms with Crippen molar-refractivity contribution in [2.24, 2.45) is 40.9 Å². The van der Waals surface area contributed by atoms with Crippen molar-refractivity contribution in [2.75, 3.05) is 0 Å². The summed E-state index contributed by atoms with van der Waals surface area (Å²) in [5.41, 5.74) is 4.87. The lowest BCUT2D eigenvalue weighted by Gasteiger charge is -2.07. The molecular weight excluding hydrogens is 937 g/mol. The Balaban J connectivity index is 1.19. The fourth-order valence-electron chi connectivity index (χ4n) is 5.89. The lowest BCUT2D eigenvalue weighted by molar-refractivity contribution is 0.480. The van der Waals surface area contributed by atoms with E-state index in [1.54, 1.807) is 52.0 Å². The van der Waals surface area contributed by atoms with Crippen molar-refractivity contribution >= 4 is 98.1 Å². The van der Waals surface area contributed by atoms with E-state index in [0.29, 0.717) is 56.4 Å². The summed E-state index contributed by atoms with van der Waals surface area (Å²) >= 11 is 0. The van der Waals surface area contributed by atoms with Crippen LogP contribution in [-0.2, 0) is 40.5 Å². The predicted octanol–water partition coefficient (Wildman–Crippen LogP) is 11.7. The van der Waals surface area contributed by atoms with Crippen molar-refractivity contribution in [3.8, 4) is 0 Å². The molecule has 0 fully saturated rings. The monoisotopic (exact) mass is 972 g/mol. The largest absolute Gasteiger partial charge is 0.295 e. The van der Waals surface area contributed by atoms with E-state index in [4.69, 9.17) is 9.11 Å². The van der Waals surface area contributed by atoms with E-state index < -0.39 is 50.3 Å². The Morgan fingerprint density at radius 3 is 0.848 bits per heavy atom. The zero-order chi connectivity index (χ0) is 48.2. The minimum Gasteiger partial charge on any atom is -0.282 e. The third-order valence-electron chi connectivity index (χ3n) is 9.38. The van der Waals surface area contributed by atoms with Crippen LogP contribution in [0.4, 0.5) is 45.5 Å². The molecule has 0 aliphatic carbocycles. The fraction of sp³-hybridized carbons (Fsp3) is 0.0952. The molecule has 0 saturated heterocycles. The maximum absolute atomic E-state index is 12.5. The maximum Gasteiger partial charge on any atom is 0.295 e. The van der Waals surface area contributed by atoms with E-state index in [9.17, 15) is 42.8 Å². The Hall–Kier alpha value is -6.90. The summed E-state index contributed by atoms with van der Waals surface area (Å²) in [6.45, 7) is 6.92. The number of azo groups is 4. The molecule has 6 rings (SSSR count). The van der Waals surface area contributed by atoms with Crippen LogP contribution in [0, 0.1) is 27.7 Å². The number of aryl methyl sites for hydroxylation is 4. The van der Waals surface area contributed by atoms with Crippen LogP contribution >= 0.6 is 0 Å². The minimum atomic E-state index is -4.86. The smallest absolute Gasteiger partial charge is 0.282 e. The van der Waals surface area contributed by atoms with Gasteiger partial charge in [0, 0.05) is 0 Å². The second kappa shape index (κ2) is 19.3. The average Bonchev–Trinajstić information content (AvgIpc) is 3.24. The number of benzene rings is 6. The number of hydrogen-bond acceptors (Lipinski definition) is 16. The van der Waals surface area contributed by atoms with Gasteiger partial charge in [-0.2, -0.15) is 74.6 Å². The standard InChI is InChI=1S/C42H36N8O12S4/c1-25-21-39(27(3)19-37(25)47-43-31-11-15-35(16-12-31)63(51,52)53)49-45-33-9-7-29(41(23-33)65(57,58)59)5-6-30-8-10-34(24-42(30)66(60,61)62)46-50-40-22-26(2)38(20-28(40)4)48-44-32-13-17-36(18-14-32)64(54,55)56/h5-24H,1-4H3,(H,51,52,53)(H,54,55,56)(H,57,58,59)(H,60,61,62). The molecule has 24 heteroatoms. The molecule has 66 heavy (non-hydrogen) atoms. The summed E-state index contributed by atoms with van der Waals surface area (Å²) in [7, 11) is -18.4. The second-order valence-electron chi connectivity index (χ2n) is 14.3. The highest BCUT2D eigenvalue weighted by molar-refractivity contribution is 7.86. The summed E-state index contributed by atoms with van der Waals surface area (Å²) in [5.74, 6) is 0. The summed E-state index contributed by atoms with van der Waals surface area (Å²) in [4.78, 5) is -1.73. The minimum absolute atomic E-state index is 0.0399. The molecule has 0 spiro atoms. The van der Waals surface area contributed by atoms with Gasteiger partial charge in [0.2, 0.25) is 0 Å². The molecule has 0 atom stereocenters. The SMILES string of the molecule is Cc1cc(N=Nc2ccc(C=Cc3ccc(N=Nc4cc(C)c(N=Nc5ccc(S(=O)(=O)O)cc5)cc4C)cc3S(=O)(=O)O)c(S(=O)(=O)O)c2)c(C)cc1N=Nc1ccc(S(=O)(=O)O)cc1. The summed E-state index contributed by atoms with van der Waals surface area (Å²) in [6.07, 6.45) is 2.44. The first kappa shape index (κ1) is 48.6. The molecule has 0 aliphatic rings. The van der Waals surface area contributed by atoms with E-state index in [0.717, 1.165) is 12.1 Å². The average molecular weight is 973 g/mol. The molecule has 0 bridgehead atoms. The molecular formula is C42H36N8O12S4. The van der Waals surface area contributed by atoms with Gasteiger partial charge in [-0.1, -0.05) is 24.3 Å². The van der Waals surface area contributed by atoms with Gasteiger partial charge in [0.1, 0.15) is 9.79 Å². The van der Waals surface area contributed by atoms with Crippen LogP contribution in [0.25, 0.3) is 12.2 Å². The molecule has 20 nitrogen and oxygen atoms in total. The highest BCUT2D eigenvalue weighted by Gasteiger charge is 2.18. The molecule has 340 valence electrons. The van der Waals surface area contributed by atoms with Crippen molar-refractivity contribution in [1.29, 1.82) is 0 Å². The summed E-state index contributed by atoms with van der Waals surface area (Å²) in [6, 6.07) is 24.5. The van der Waals surface area contributed by atoms with Gasteiger partial charge in [-0.15, -0.1) is 0 Å². The van der Waals surface area contributed by atoms with Crippen LogP contribution in [0.2, 0.25) is 0 Å². The Morgan fingerprint density at radius 1 is 0.333 bits per heavy atom. The molecule has 0 radical (unpaired) electrons. The van der Waals surface area contributed by atoms with Crippen LogP contribution in [0.5, 0.6) is 0 Å². The summed E-state index contributed by atoms with van der Waals surface area (Å²) < 4.78 is 134. The van der Waals surface area contributed by atoms with Crippen molar-refractivity contribution in [3.05, 3.63) is 143 Å². The summed E-state index contributed by atoms with van der Waals surface area (Å²) in [5, 5.41) is 33.4. The fourth-order valence-corrected chi connectivity index (χ4v) is 8.26. The zero-order valence-corrected chi connectivity index (χ0v) is 38.1. The van der Waals surface area contributed by atoms with E-state index in [1.807, 2.05) is 0 Å². The van der Waals surface area contributed by atoms with Crippen LogP contribution in [-0.4, -0.2) is 51.9 Å². The molecule has 0 heterocycles. The molecule has 6 aromatic carbocycles. The van der Waals surface area contributed by atoms with E-state index in [2.05, 4.69) is 40.9 Å². The maximum atomic E-state index is 12.5. The third-order valence-corrected chi connectivity index (χ3v) is 12.9. The van der Waals surface area contributed by atoms with E-state index >= 15 is 0 Å². The number of rotatable bonds is 14. The molecule has 0 amide bonds. The molecule has 0 aromatic heterocycles. The molecule has 0 unspecified atom stereocenters. The number of hydrogen-bond donors (Lipinski definition) is 4. The van der Waals surface area contributed by atoms with Gasteiger partial charge in [-0.25, -0.2) is 0 Å². The van der Waals surface area contributed by atoms with Gasteiger partial charge in [0.15, 0.2) is 0 Å². The molecule has 0 aliphatic heterocycles. The van der Waals surface area contributed by atoms with Crippen LogP contribution in [0.3, 0.4) is 0 Å². The van der Waals surface area contributed by atoms with Gasteiger partial charge in [0.05, 0.1) is 55.3 Å². The Labute approximate surface area is 379 Å². The highest BCUT2D eigenvalue weighted by atomic mass is 32.2. The van der Waals surface area contributed by atoms with Crippen molar-refractivity contribution in [2.45, 2.75) is 47.3 Å². The van der Waals surface area contributed by atoms with Gasteiger partial charge < -0.3 is 0 Å². The highest BCUT2D eigenvalue weighted by Crippen LogP contribution is 2.35. The second-order valence-corrected chi connectivity index (χ2v) is 19.9. The normalized spacial score (nSPS) is 13.0. The van der Waals surface area contributed by atoms with Crippen molar-refractivity contribution in [3.63, 3.8) is 0 Å². The lowest BCUT2D eigenvalue weighted by atomic mass is 10.1.